The van der Waals surface area contributed by atoms with Crippen molar-refractivity contribution in [1.82, 2.24) is 4.98 Å². The molecule has 5 heteroatoms. The van der Waals surface area contributed by atoms with Crippen molar-refractivity contribution in [2.24, 2.45) is 0 Å². The van der Waals surface area contributed by atoms with Crippen molar-refractivity contribution in [2.75, 3.05) is 5.32 Å². The summed E-state index contributed by atoms with van der Waals surface area (Å²) in [5, 5.41) is 5.70. The summed E-state index contributed by atoms with van der Waals surface area (Å²) in [5.74, 6) is -0.363. The Hall–Kier alpha value is -2.53. The summed E-state index contributed by atoms with van der Waals surface area (Å²) in [5.41, 5.74) is 4.62. The number of nitrogens with zero attached hydrogens (tertiary/aromatic N) is 1. The largest absolute Gasteiger partial charge is 0.325 e. The van der Waals surface area contributed by atoms with Gasteiger partial charge in [0, 0.05) is 22.2 Å². The molecule has 1 aliphatic heterocycles. The fraction of sp³-hybridized carbons (Fsp3) is 0.111. The predicted molar refractivity (Wildman–Crippen MR) is 90.0 cm³/mol. The van der Waals surface area contributed by atoms with Gasteiger partial charge in [-0.3, -0.25) is 4.79 Å². The third kappa shape index (κ3) is 2.43. The lowest BCUT2D eigenvalue weighted by molar-refractivity contribution is -0.116. The molecule has 1 aliphatic rings. The normalized spacial score (nSPS) is 16.3. The molecule has 0 radical (unpaired) electrons. The topological polar surface area (TPSA) is 42.0 Å². The Morgan fingerprint density at radius 3 is 2.65 bits per heavy atom. The van der Waals surface area contributed by atoms with E-state index in [1.165, 1.54) is 23.5 Å². The Balaban J connectivity index is 1.70. The summed E-state index contributed by atoms with van der Waals surface area (Å²) in [6, 6.07) is 12.2. The van der Waals surface area contributed by atoms with Gasteiger partial charge >= 0.3 is 0 Å². The van der Waals surface area contributed by atoms with Gasteiger partial charge in [0.2, 0.25) is 5.91 Å². The molecule has 1 amide bonds. The Kier molecular flexibility index (Phi) is 3.23. The maximum atomic E-state index is 13.0. The lowest BCUT2D eigenvalue weighted by atomic mass is 9.99. The van der Waals surface area contributed by atoms with Crippen LogP contribution in [0.1, 0.15) is 18.4 Å². The maximum Gasteiger partial charge on any atom is 0.231 e. The van der Waals surface area contributed by atoms with Crippen molar-refractivity contribution in [3.63, 3.8) is 0 Å². The summed E-state index contributed by atoms with van der Waals surface area (Å²) in [7, 11) is 0. The van der Waals surface area contributed by atoms with Crippen LogP contribution in [0.3, 0.4) is 0 Å². The highest BCUT2D eigenvalue weighted by Gasteiger charge is 2.26. The molecule has 0 spiro atoms. The second-order valence-corrected chi connectivity index (χ2v) is 6.42. The molecule has 2 aromatic carbocycles. The van der Waals surface area contributed by atoms with Crippen LogP contribution < -0.4 is 5.32 Å². The number of carbonyl (C=O) groups is 1. The van der Waals surface area contributed by atoms with Gasteiger partial charge in [0.05, 0.1) is 11.6 Å². The highest BCUT2D eigenvalue weighted by molar-refractivity contribution is 7.13. The zero-order valence-electron chi connectivity index (χ0n) is 12.3. The number of rotatable bonds is 2. The Labute approximate surface area is 136 Å². The number of thiazole rings is 1. The van der Waals surface area contributed by atoms with E-state index in [9.17, 15) is 9.18 Å². The lowest BCUT2D eigenvalue weighted by Crippen LogP contribution is -2.08. The van der Waals surface area contributed by atoms with E-state index in [-0.39, 0.29) is 17.6 Å². The molecular weight excluding hydrogens is 311 g/mol. The molecule has 0 saturated carbocycles. The van der Waals surface area contributed by atoms with Crippen LogP contribution in [0, 0.1) is 5.82 Å². The first-order valence-electron chi connectivity index (χ1n) is 7.28. The number of benzene rings is 2. The molecule has 4 rings (SSSR count). The van der Waals surface area contributed by atoms with E-state index in [1.54, 1.807) is 12.1 Å². The summed E-state index contributed by atoms with van der Waals surface area (Å²) in [4.78, 5) is 16.4. The number of hydrogen-bond donors (Lipinski definition) is 1. The smallest absolute Gasteiger partial charge is 0.231 e. The van der Waals surface area contributed by atoms with Crippen LogP contribution in [-0.2, 0) is 4.79 Å². The third-order valence-electron chi connectivity index (χ3n) is 4.06. The molecule has 23 heavy (non-hydrogen) atoms. The molecule has 3 nitrogen and oxygen atoms in total. The predicted octanol–water partition coefficient (Wildman–Crippen LogP) is 4.67. The molecular formula is C18H13FN2OS. The second kappa shape index (κ2) is 5.28. The molecule has 0 unspecified atom stereocenters. The van der Waals surface area contributed by atoms with Gasteiger partial charge < -0.3 is 5.32 Å². The van der Waals surface area contributed by atoms with Gasteiger partial charge in [0.1, 0.15) is 10.8 Å². The molecule has 0 saturated heterocycles. The minimum absolute atomic E-state index is 0.0300. The lowest BCUT2D eigenvalue weighted by Gasteiger charge is -2.04. The zero-order valence-corrected chi connectivity index (χ0v) is 13.2. The molecule has 1 aromatic heterocycles. The number of hydrogen-bond acceptors (Lipinski definition) is 3. The minimum atomic E-state index is -0.254. The SMILES string of the molecule is C[C@H]1C(=O)Nc2ccc(-c3csc(-c4ccc(F)cc4)n3)cc21. The van der Waals surface area contributed by atoms with Crippen LogP contribution in [-0.4, -0.2) is 10.9 Å². The standard InChI is InChI=1S/C18H13FN2OS/c1-10-14-8-12(4-7-15(14)20-17(10)22)16-9-23-18(21-16)11-2-5-13(19)6-3-11/h2-10H,1H3,(H,20,22)/t10-/m1/s1. The van der Waals surface area contributed by atoms with Crippen LogP contribution in [0.15, 0.2) is 47.8 Å². The van der Waals surface area contributed by atoms with Crippen LogP contribution in [0.2, 0.25) is 0 Å². The molecule has 0 aliphatic carbocycles. The summed E-state index contributed by atoms with van der Waals surface area (Å²) in [6.45, 7) is 1.90. The molecule has 1 atom stereocenters. The number of aromatic nitrogens is 1. The van der Waals surface area contributed by atoms with Crippen molar-refractivity contribution in [2.45, 2.75) is 12.8 Å². The van der Waals surface area contributed by atoms with Crippen molar-refractivity contribution in [1.29, 1.82) is 0 Å². The van der Waals surface area contributed by atoms with E-state index >= 15 is 0 Å². The van der Waals surface area contributed by atoms with Gasteiger partial charge in [-0.2, -0.15) is 0 Å². The number of carbonyl (C=O) groups excluding carboxylic acids is 1. The second-order valence-electron chi connectivity index (χ2n) is 5.56. The molecule has 114 valence electrons. The van der Waals surface area contributed by atoms with Crippen LogP contribution in [0.4, 0.5) is 10.1 Å². The van der Waals surface area contributed by atoms with Crippen LogP contribution in [0.25, 0.3) is 21.8 Å². The number of halogens is 1. The van der Waals surface area contributed by atoms with Crippen molar-refractivity contribution < 1.29 is 9.18 Å². The number of nitrogens with one attached hydrogen (secondary N) is 1. The first-order chi connectivity index (χ1) is 11.1. The van der Waals surface area contributed by atoms with Gasteiger partial charge in [-0.25, -0.2) is 9.37 Å². The van der Waals surface area contributed by atoms with Crippen LogP contribution in [0.5, 0.6) is 0 Å². The van der Waals surface area contributed by atoms with E-state index in [4.69, 9.17) is 0 Å². The highest BCUT2D eigenvalue weighted by Crippen LogP contribution is 2.36. The fourth-order valence-electron chi connectivity index (χ4n) is 2.71. The molecule has 2 heterocycles. The van der Waals surface area contributed by atoms with Crippen molar-refractivity contribution in [3.05, 3.63) is 59.2 Å². The first-order valence-corrected chi connectivity index (χ1v) is 8.16. The Bertz CT molecular complexity index is 902. The third-order valence-corrected chi connectivity index (χ3v) is 4.95. The molecule has 1 N–H and O–H groups in total. The number of fused-ring (bicyclic) bond motifs is 1. The molecule has 0 fully saturated rings. The summed E-state index contributed by atoms with van der Waals surface area (Å²) >= 11 is 1.52. The zero-order chi connectivity index (χ0) is 16.0. The van der Waals surface area contributed by atoms with E-state index in [0.717, 1.165) is 33.1 Å². The van der Waals surface area contributed by atoms with Gasteiger partial charge in [-0.15, -0.1) is 11.3 Å². The summed E-state index contributed by atoms with van der Waals surface area (Å²) in [6.07, 6.45) is 0. The highest BCUT2D eigenvalue weighted by atomic mass is 32.1. The monoisotopic (exact) mass is 324 g/mol. The fourth-order valence-corrected chi connectivity index (χ4v) is 3.54. The average molecular weight is 324 g/mol. The quantitative estimate of drug-likeness (QED) is 0.744. The Morgan fingerprint density at radius 2 is 1.87 bits per heavy atom. The van der Waals surface area contributed by atoms with Gasteiger partial charge in [-0.05, 0) is 48.9 Å². The molecule has 3 aromatic rings. The van der Waals surface area contributed by atoms with Gasteiger partial charge in [-0.1, -0.05) is 6.07 Å². The maximum absolute atomic E-state index is 13.0. The van der Waals surface area contributed by atoms with E-state index < -0.39 is 0 Å². The van der Waals surface area contributed by atoms with Gasteiger partial charge in [0.25, 0.3) is 0 Å². The van der Waals surface area contributed by atoms with E-state index in [2.05, 4.69) is 10.3 Å². The van der Waals surface area contributed by atoms with Gasteiger partial charge in [0.15, 0.2) is 0 Å². The number of anilines is 1. The van der Waals surface area contributed by atoms with Crippen LogP contribution >= 0.6 is 11.3 Å². The average Bonchev–Trinajstić information content (AvgIpc) is 3.14. The Morgan fingerprint density at radius 1 is 1.13 bits per heavy atom. The first kappa shape index (κ1) is 14.1. The molecule has 0 bridgehead atoms. The minimum Gasteiger partial charge on any atom is -0.325 e. The van der Waals surface area contributed by atoms with Crippen molar-refractivity contribution in [3.8, 4) is 21.8 Å². The number of amides is 1. The van der Waals surface area contributed by atoms with Crippen molar-refractivity contribution >= 4 is 22.9 Å². The van der Waals surface area contributed by atoms with E-state index in [0.29, 0.717) is 0 Å². The summed E-state index contributed by atoms with van der Waals surface area (Å²) < 4.78 is 13.0. The van der Waals surface area contributed by atoms with E-state index in [1.807, 2.05) is 30.5 Å².